The molecule has 0 N–H and O–H groups in total. The molecule has 0 aromatic heterocycles. The highest BCUT2D eigenvalue weighted by atomic mass is 28.4. The van der Waals surface area contributed by atoms with Crippen LogP contribution in [0.3, 0.4) is 0 Å². The van der Waals surface area contributed by atoms with E-state index in [1.165, 1.54) is 76.3 Å². The summed E-state index contributed by atoms with van der Waals surface area (Å²) in [7, 11) is 5.13. The third kappa shape index (κ3) is 12.8. The second-order valence-electron chi connectivity index (χ2n) is 10.00. The molecule has 0 fully saturated rings. The van der Waals surface area contributed by atoms with Crippen molar-refractivity contribution in [3.63, 3.8) is 0 Å². The van der Waals surface area contributed by atoms with E-state index in [0.29, 0.717) is 5.41 Å². The van der Waals surface area contributed by atoms with Crippen LogP contribution in [-0.2, 0) is 4.43 Å². The molecule has 0 heterocycles. The molecule has 0 bridgehead atoms. The summed E-state index contributed by atoms with van der Waals surface area (Å²) in [6.07, 6.45) is 8.06. The minimum atomic E-state index is -1.68. The van der Waals surface area contributed by atoms with Crippen molar-refractivity contribution in [2.24, 2.45) is 5.41 Å². The second-order valence-corrected chi connectivity index (χ2v) is 14.4. The van der Waals surface area contributed by atoms with Crippen molar-refractivity contribution in [1.82, 2.24) is 14.7 Å². The van der Waals surface area contributed by atoms with Crippen molar-refractivity contribution in [2.45, 2.75) is 98.2 Å². The minimum absolute atomic E-state index is 0.450. The van der Waals surface area contributed by atoms with E-state index in [0.717, 1.165) is 26.2 Å². The summed E-state index contributed by atoms with van der Waals surface area (Å²) in [5.41, 5.74) is 0.450. The van der Waals surface area contributed by atoms with Gasteiger partial charge in [-0.05, 0) is 129 Å². The van der Waals surface area contributed by atoms with Crippen LogP contribution in [0.1, 0.15) is 80.1 Å². The van der Waals surface area contributed by atoms with E-state index in [9.17, 15) is 0 Å². The van der Waals surface area contributed by atoms with Gasteiger partial charge in [0.1, 0.15) is 0 Å². The molecule has 188 valence electrons. The lowest BCUT2D eigenvalue weighted by molar-refractivity contribution is 0.180. The Bertz CT molecular complexity index is 377. The van der Waals surface area contributed by atoms with Gasteiger partial charge in [0.05, 0.1) is 0 Å². The monoisotopic (exact) mass is 457 g/mol. The smallest absolute Gasteiger partial charge is 0.192 e. The predicted octanol–water partition coefficient (Wildman–Crippen LogP) is 6.19. The van der Waals surface area contributed by atoms with Crippen LogP contribution in [0.5, 0.6) is 0 Å². The average Bonchev–Trinajstić information content (AvgIpc) is 2.78. The maximum Gasteiger partial charge on any atom is 0.192 e. The van der Waals surface area contributed by atoms with Crippen LogP contribution >= 0.6 is 0 Å². The number of hydrogen-bond donors (Lipinski definition) is 0. The van der Waals surface area contributed by atoms with E-state index < -0.39 is 8.32 Å². The summed E-state index contributed by atoms with van der Waals surface area (Å²) in [5, 5.41) is 0. The van der Waals surface area contributed by atoms with Gasteiger partial charge in [-0.15, -0.1) is 0 Å². The van der Waals surface area contributed by atoms with Gasteiger partial charge in [0.15, 0.2) is 8.32 Å². The fourth-order valence-corrected chi connectivity index (χ4v) is 9.05. The van der Waals surface area contributed by atoms with Crippen molar-refractivity contribution >= 4 is 8.32 Å². The fraction of sp³-hybridized carbons (Fsp3) is 1.00. The van der Waals surface area contributed by atoms with Gasteiger partial charge in [-0.1, -0.05) is 34.6 Å². The van der Waals surface area contributed by atoms with Crippen molar-refractivity contribution < 1.29 is 4.43 Å². The molecule has 0 amide bonds. The van der Waals surface area contributed by atoms with Crippen LogP contribution in [0.4, 0.5) is 0 Å². The molecule has 0 aliphatic rings. The van der Waals surface area contributed by atoms with Gasteiger partial charge in [-0.2, -0.15) is 0 Å². The quantitative estimate of drug-likeness (QED) is 0.191. The first-order valence-corrected chi connectivity index (χ1v) is 16.0. The number of nitrogens with zero attached hydrogens (tertiary/aromatic N) is 3. The highest BCUT2D eigenvalue weighted by molar-refractivity contribution is 6.73. The van der Waals surface area contributed by atoms with Crippen LogP contribution in [0.2, 0.25) is 18.1 Å². The van der Waals surface area contributed by atoms with E-state index in [2.05, 4.69) is 77.4 Å². The molecular weight excluding hydrogens is 398 g/mol. The lowest BCUT2D eigenvalue weighted by Gasteiger charge is -2.43. The van der Waals surface area contributed by atoms with E-state index in [4.69, 9.17) is 4.43 Å². The van der Waals surface area contributed by atoms with Gasteiger partial charge in [0.25, 0.3) is 0 Å². The van der Waals surface area contributed by atoms with Crippen LogP contribution in [-0.4, -0.2) is 90.0 Å². The van der Waals surface area contributed by atoms with Gasteiger partial charge < -0.3 is 19.1 Å². The first-order chi connectivity index (χ1) is 14.8. The standard InChI is InChI=1S/C26H59N3OSi/c1-10-27(7)22-16-19-26(20-17-23-28(8)11-2,21-18-24-29(9)12-3)25-31(14-5,15-6)30-13-4/h10-25H2,1-9H3. The van der Waals surface area contributed by atoms with E-state index in [-0.39, 0.29) is 0 Å². The molecule has 0 aromatic rings. The lowest BCUT2D eigenvalue weighted by atomic mass is 9.76. The normalized spacial score (nSPS) is 13.2. The average molecular weight is 458 g/mol. The van der Waals surface area contributed by atoms with E-state index in [1.54, 1.807) is 0 Å². The zero-order valence-electron chi connectivity index (χ0n) is 23.1. The first kappa shape index (κ1) is 31.1. The highest BCUT2D eigenvalue weighted by Gasteiger charge is 2.41. The second kappa shape index (κ2) is 17.5. The van der Waals surface area contributed by atoms with Crippen molar-refractivity contribution in [3.8, 4) is 0 Å². The molecular formula is C26H59N3OSi. The summed E-state index contributed by atoms with van der Waals surface area (Å²) in [5.74, 6) is 0. The Morgan fingerprint density at radius 2 is 0.968 bits per heavy atom. The minimum Gasteiger partial charge on any atom is -0.417 e. The van der Waals surface area contributed by atoms with Crippen LogP contribution in [0, 0.1) is 5.41 Å². The molecule has 0 aromatic carbocycles. The molecule has 0 saturated heterocycles. The maximum atomic E-state index is 6.64. The molecule has 0 aliphatic carbocycles. The zero-order valence-corrected chi connectivity index (χ0v) is 24.1. The molecule has 0 radical (unpaired) electrons. The Balaban J connectivity index is 5.63. The summed E-state index contributed by atoms with van der Waals surface area (Å²) in [6.45, 7) is 21.8. The van der Waals surface area contributed by atoms with Crippen LogP contribution < -0.4 is 0 Å². The van der Waals surface area contributed by atoms with E-state index >= 15 is 0 Å². The summed E-state index contributed by atoms with van der Waals surface area (Å²) in [4.78, 5) is 7.44. The van der Waals surface area contributed by atoms with Crippen LogP contribution in [0.15, 0.2) is 0 Å². The third-order valence-electron chi connectivity index (χ3n) is 7.80. The summed E-state index contributed by atoms with van der Waals surface area (Å²) in [6, 6.07) is 3.89. The largest absolute Gasteiger partial charge is 0.417 e. The van der Waals surface area contributed by atoms with E-state index in [1.807, 2.05) is 0 Å². The zero-order chi connectivity index (χ0) is 23.8. The van der Waals surface area contributed by atoms with Gasteiger partial charge in [-0.3, -0.25) is 0 Å². The molecule has 0 atom stereocenters. The van der Waals surface area contributed by atoms with Crippen molar-refractivity contribution in [3.05, 3.63) is 0 Å². The number of hydrogen-bond acceptors (Lipinski definition) is 4. The molecule has 0 saturated carbocycles. The SMILES string of the molecule is CCO[Si](CC)(CC)CC(CCCN(C)CC)(CCCN(C)CC)CCCN(C)CC. The molecule has 5 heteroatoms. The van der Waals surface area contributed by atoms with Gasteiger partial charge >= 0.3 is 0 Å². The lowest BCUT2D eigenvalue weighted by Crippen LogP contribution is -2.43. The Kier molecular flexibility index (Phi) is 17.6. The number of rotatable bonds is 21. The topological polar surface area (TPSA) is 19.0 Å². The third-order valence-corrected chi connectivity index (χ3v) is 12.7. The van der Waals surface area contributed by atoms with Crippen molar-refractivity contribution in [2.75, 3.05) is 67.0 Å². The van der Waals surface area contributed by atoms with Crippen molar-refractivity contribution in [1.29, 1.82) is 0 Å². The molecule has 4 nitrogen and oxygen atoms in total. The molecule has 0 aliphatic heterocycles. The van der Waals surface area contributed by atoms with Gasteiger partial charge in [-0.25, -0.2) is 0 Å². The van der Waals surface area contributed by atoms with Gasteiger partial charge in [0.2, 0.25) is 0 Å². The molecule has 0 rings (SSSR count). The highest BCUT2D eigenvalue weighted by Crippen LogP contribution is 2.45. The fourth-order valence-electron chi connectivity index (χ4n) is 5.03. The van der Waals surface area contributed by atoms with Gasteiger partial charge in [0, 0.05) is 6.61 Å². The Morgan fingerprint density at radius 3 is 1.23 bits per heavy atom. The maximum absolute atomic E-state index is 6.64. The first-order valence-electron chi connectivity index (χ1n) is 13.4. The molecule has 0 unspecified atom stereocenters. The summed E-state index contributed by atoms with van der Waals surface area (Å²) < 4.78 is 6.64. The molecule has 31 heavy (non-hydrogen) atoms. The Labute approximate surface area is 198 Å². The summed E-state index contributed by atoms with van der Waals surface area (Å²) >= 11 is 0. The Morgan fingerprint density at radius 1 is 0.613 bits per heavy atom. The van der Waals surface area contributed by atoms with Crippen LogP contribution in [0.25, 0.3) is 0 Å². The predicted molar refractivity (Wildman–Crippen MR) is 143 cm³/mol. The Hall–Kier alpha value is 0.0569. The molecule has 0 spiro atoms.